The molecular weight excluding hydrogens is 296 g/mol. The Morgan fingerprint density at radius 1 is 1.50 bits per heavy atom. The van der Waals surface area contributed by atoms with Crippen LogP contribution in [-0.4, -0.2) is 45.6 Å². The number of ether oxygens (including phenoxy) is 1. The molecule has 1 fully saturated rings. The van der Waals surface area contributed by atoms with Crippen molar-refractivity contribution in [2.45, 2.75) is 30.1 Å². The molecule has 1 aliphatic heterocycles. The maximum absolute atomic E-state index is 12.6. The molecule has 1 aromatic rings. The van der Waals surface area contributed by atoms with Gasteiger partial charge in [0.15, 0.2) is 0 Å². The van der Waals surface area contributed by atoms with Crippen molar-refractivity contribution in [3.05, 3.63) is 17.0 Å². The molecule has 114 valence electrons. The fourth-order valence-corrected chi connectivity index (χ4v) is 5.42. The number of sulfonamides is 1. The first-order chi connectivity index (χ1) is 9.48. The minimum Gasteiger partial charge on any atom is -0.380 e. The molecule has 0 radical (unpaired) electrons. The lowest BCUT2D eigenvalue weighted by molar-refractivity contribution is 0.0184. The van der Waals surface area contributed by atoms with Crippen LogP contribution in [0.4, 0.5) is 0 Å². The van der Waals surface area contributed by atoms with Crippen LogP contribution < -0.4 is 5.73 Å². The van der Waals surface area contributed by atoms with Crippen molar-refractivity contribution in [1.82, 2.24) is 4.31 Å². The number of nitrogens with zero attached hydrogens (tertiary/aromatic N) is 1. The maximum atomic E-state index is 12.6. The van der Waals surface area contributed by atoms with Gasteiger partial charge in [-0.3, -0.25) is 0 Å². The van der Waals surface area contributed by atoms with Crippen LogP contribution in [0.25, 0.3) is 0 Å². The standard InChI is InChI=1S/C13H22N2O3S2/c1-10-6-8-15(9-12(10)18-2)20(16,17)13-4-3-11(19-13)5-7-14/h3-4,10,12H,5-9,14H2,1-2H3. The van der Waals surface area contributed by atoms with Crippen molar-refractivity contribution in [2.75, 3.05) is 26.7 Å². The third-order valence-corrected chi connectivity index (χ3v) is 7.25. The molecular formula is C13H22N2O3S2. The summed E-state index contributed by atoms with van der Waals surface area (Å²) in [5.41, 5.74) is 5.50. The Bertz CT molecular complexity index is 542. The van der Waals surface area contributed by atoms with Crippen LogP contribution in [0.15, 0.2) is 16.3 Å². The van der Waals surface area contributed by atoms with Gasteiger partial charge in [0.25, 0.3) is 10.0 Å². The number of rotatable bonds is 5. The van der Waals surface area contributed by atoms with Crippen molar-refractivity contribution in [3.63, 3.8) is 0 Å². The van der Waals surface area contributed by atoms with E-state index in [9.17, 15) is 8.42 Å². The van der Waals surface area contributed by atoms with Crippen molar-refractivity contribution < 1.29 is 13.2 Å². The quantitative estimate of drug-likeness (QED) is 0.888. The van der Waals surface area contributed by atoms with Gasteiger partial charge in [-0.15, -0.1) is 11.3 Å². The van der Waals surface area contributed by atoms with Crippen molar-refractivity contribution in [3.8, 4) is 0 Å². The van der Waals surface area contributed by atoms with Crippen LogP contribution in [0.5, 0.6) is 0 Å². The van der Waals surface area contributed by atoms with Crippen LogP contribution in [0, 0.1) is 5.92 Å². The zero-order valence-electron chi connectivity index (χ0n) is 11.9. The Morgan fingerprint density at radius 2 is 2.25 bits per heavy atom. The van der Waals surface area contributed by atoms with E-state index in [1.165, 1.54) is 11.3 Å². The van der Waals surface area contributed by atoms with Crippen LogP contribution in [0.1, 0.15) is 18.2 Å². The molecule has 2 atom stereocenters. The second-order valence-corrected chi connectivity index (χ2v) is 8.50. The summed E-state index contributed by atoms with van der Waals surface area (Å²) >= 11 is 1.32. The molecule has 7 heteroatoms. The summed E-state index contributed by atoms with van der Waals surface area (Å²) in [5.74, 6) is 0.391. The van der Waals surface area contributed by atoms with Gasteiger partial charge in [0.2, 0.25) is 0 Å². The molecule has 0 bridgehead atoms. The summed E-state index contributed by atoms with van der Waals surface area (Å²) in [6.45, 7) is 3.63. The van der Waals surface area contributed by atoms with Crippen molar-refractivity contribution >= 4 is 21.4 Å². The topological polar surface area (TPSA) is 72.6 Å². The number of thiophene rings is 1. The van der Waals surface area contributed by atoms with E-state index in [0.29, 0.717) is 29.8 Å². The SMILES string of the molecule is COC1CN(S(=O)(=O)c2ccc(CCN)s2)CCC1C. The smallest absolute Gasteiger partial charge is 0.252 e. The van der Waals surface area contributed by atoms with Crippen LogP contribution in [0.3, 0.4) is 0 Å². The predicted molar refractivity (Wildman–Crippen MR) is 80.4 cm³/mol. The zero-order valence-corrected chi connectivity index (χ0v) is 13.5. The van der Waals surface area contributed by atoms with Crippen LogP contribution in [-0.2, 0) is 21.2 Å². The van der Waals surface area contributed by atoms with Gasteiger partial charge in [-0.2, -0.15) is 4.31 Å². The molecule has 0 amide bonds. The molecule has 2 N–H and O–H groups in total. The van der Waals surface area contributed by atoms with Crippen molar-refractivity contribution in [1.29, 1.82) is 0 Å². The fraction of sp³-hybridized carbons (Fsp3) is 0.692. The molecule has 0 aromatic carbocycles. The van der Waals surface area contributed by atoms with Gasteiger partial charge in [0.05, 0.1) is 6.10 Å². The monoisotopic (exact) mass is 318 g/mol. The maximum Gasteiger partial charge on any atom is 0.252 e. The highest BCUT2D eigenvalue weighted by molar-refractivity contribution is 7.91. The summed E-state index contributed by atoms with van der Waals surface area (Å²) < 4.78 is 32.6. The van der Waals surface area contributed by atoms with Gasteiger partial charge in [-0.25, -0.2) is 8.42 Å². The molecule has 2 unspecified atom stereocenters. The largest absolute Gasteiger partial charge is 0.380 e. The van der Waals surface area contributed by atoms with E-state index in [4.69, 9.17) is 10.5 Å². The van der Waals surface area contributed by atoms with Gasteiger partial charge in [0.1, 0.15) is 4.21 Å². The van der Waals surface area contributed by atoms with E-state index < -0.39 is 10.0 Å². The number of hydrogen-bond acceptors (Lipinski definition) is 5. The summed E-state index contributed by atoms with van der Waals surface area (Å²) in [6, 6.07) is 3.54. The second-order valence-electron chi connectivity index (χ2n) is 5.16. The van der Waals surface area contributed by atoms with Crippen LogP contribution >= 0.6 is 11.3 Å². The van der Waals surface area contributed by atoms with Gasteiger partial charge >= 0.3 is 0 Å². The van der Waals surface area contributed by atoms with Gasteiger partial charge in [-0.1, -0.05) is 6.92 Å². The van der Waals surface area contributed by atoms with Gasteiger partial charge in [-0.05, 0) is 37.4 Å². The van der Waals surface area contributed by atoms with Gasteiger partial charge < -0.3 is 10.5 Å². The van der Waals surface area contributed by atoms with Crippen molar-refractivity contribution in [2.24, 2.45) is 11.7 Å². The average molecular weight is 318 g/mol. The molecule has 1 saturated heterocycles. The predicted octanol–water partition coefficient (Wildman–Crippen LogP) is 1.29. The summed E-state index contributed by atoms with van der Waals surface area (Å²) in [4.78, 5) is 1.01. The van der Waals surface area contributed by atoms with E-state index in [1.807, 2.05) is 6.07 Å². The normalized spacial score (nSPS) is 24.9. The minimum atomic E-state index is -3.39. The first kappa shape index (κ1) is 15.9. The highest BCUT2D eigenvalue weighted by atomic mass is 32.2. The lowest BCUT2D eigenvalue weighted by Gasteiger charge is -2.35. The number of nitrogens with two attached hydrogens (primary N) is 1. The Hall–Kier alpha value is -0.470. The zero-order chi connectivity index (χ0) is 14.8. The number of hydrogen-bond donors (Lipinski definition) is 1. The molecule has 2 heterocycles. The van der Waals surface area contributed by atoms with E-state index in [-0.39, 0.29) is 6.10 Å². The Balaban J connectivity index is 2.17. The number of methoxy groups -OCH3 is 1. The van der Waals surface area contributed by atoms with Gasteiger partial charge in [0, 0.05) is 25.1 Å². The summed E-state index contributed by atoms with van der Waals surface area (Å²) in [5, 5.41) is 0. The van der Waals surface area contributed by atoms with Crippen LogP contribution in [0.2, 0.25) is 0 Å². The summed E-state index contributed by atoms with van der Waals surface area (Å²) in [6.07, 6.45) is 1.53. The van der Waals surface area contributed by atoms with E-state index in [0.717, 1.165) is 17.7 Å². The average Bonchev–Trinajstić information content (AvgIpc) is 2.89. The Kier molecular flexibility index (Phi) is 5.19. The Morgan fingerprint density at radius 3 is 2.90 bits per heavy atom. The molecule has 5 nitrogen and oxygen atoms in total. The summed E-state index contributed by atoms with van der Waals surface area (Å²) in [7, 11) is -1.75. The highest BCUT2D eigenvalue weighted by Crippen LogP contribution is 2.29. The molecule has 0 spiro atoms. The lowest BCUT2D eigenvalue weighted by Crippen LogP contribution is -2.46. The third kappa shape index (κ3) is 3.23. The highest BCUT2D eigenvalue weighted by Gasteiger charge is 2.34. The lowest BCUT2D eigenvalue weighted by atomic mass is 9.97. The minimum absolute atomic E-state index is 0.0259. The molecule has 1 aliphatic rings. The molecule has 2 rings (SSSR count). The molecule has 0 saturated carbocycles. The first-order valence-corrected chi connectivity index (χ1v) is 9.06. The van der Waals surface area contributed by atoms with E-state index in [2.05, 4.69) is 6.92 Å². The molecule has 0 aliphatic carbocycles. The Labute approximate surface area is 124 Å². The van der Waals surface area contributed by atoms with E-state index in [1.54, 1.807) is 17.5 Å². The molecule has 20 heavy (non-hydrogen) atoms. The number of piperidine rings is 1. The fourth-order valence-electron chi connectivity index (χ4n) is 2.43. The second kappa shape index (κ2) is 6.53. The molecule has 1 aromatic heterocycles. The van der Waals surface area contributed by atoms with E-state index >= 15 is 0 Å². The third-order valence-electron chi connectivity index (χ3n) is 3.78. The first-order valence-electron chi connectivity index (χ1n) is 6.80.